The molecule has 0 rings (SSSR count). The summed E-state index contributed by atoms with van der Waals surface area (Å²) in [6.07, 6.45) is 34.1. The van der Waals surface area contributed by atoms with Crippen LogP contribution in [0.3, 0.4) is 0 Å². The Balaban J connectivity index is 3.56. The van der Waals surface area contributed by atoms with Gasteiger partial charge in [0.25, 0.3) is 0 Å². The lowest BCUT2D eigenvalue weighted by molar-refractivity contribution is -0.908. The minimum Gasteiger partial charge on any atom is -0.314 e. The van der Waals surface area contributed by atoms with E-state index in [2.05, 4.69) is 25.7 Å². The molecule has 0 saturated heterocycles. The Bertz CT molecular complexity index is 583. The highest BCUT2D eigenvalue weighted by atomic mass is 31.1. The third-order valence-corrected chi connectivity index (χ3v) is 9.36. The maximum Gasteiger partial charge on any atom is 0.378 e. The molecule has 4 heteroatoms. The van der Waals surface area contributed by atoms with Crippen LogP contribution in [-0.2, 0) is 9.13 Å². The molecule has 0 radical (unpaired) electrons. The fourth-order valence-electron chi connectivity index (χ4n) is 5.20. The molecule has 0 amide bonds. The number of nitrogens with zero attached hydrogens (tertiary/aromatic N) is 1. The highest BCUT2D eigenvalue weighted by Gasteiger charge is 2.47. The minimum absolute atomic E-state index is 0.519. The highest BCUT2D eigenvalue weighted by Crippen LogP contribution is 2.44. The van der Waals surface area contributed by atoms with E-state index >= 15 is 0 Å². The van der Waals surface area contributed by atoms with Crippen LogP contribution in [0.2, 0.25) is 0 Å². The monoisotopic (exact) mass is 510 g/mol. The van der Waals surface area contributed by atoms with Gasteiger partial charge in [0.1, 0.15) is 0 Å². The third kappa shape index (κ3) is 17.4. The van der Waals surface area contributed by atoms with Gasteiger partial charge in [-0.25, -0.2) is 9.13 Å². The van der Waals surface area contributed by atoms with Crippen LogP contribution < -0.4 is 0 Å². The molecule has 0 aliphatic rings. The molecule has 0 spiro atoms. The Morgan fingerprint density at radius 3 is 1.31 bits per heavy atom. The van der Waals surface area contributed by atoms with Crippen LogP contribution in [0.25, 0.3) is 0 Å². The Kier molecular flexibility index (Phi) is 22.1. The Hall–Kier alpha value is -0.660. The molecule has 0 bridgehead atoms. The number of unbranched alkanes of at least 4 members (excludes halogenated alkanes) is 17. The summed E-state index contributed by atoms with van der Waals surface area (Å²) in [5.41, 5.74) is 0. The molecule has 0 saturated carbocycles. The lowest BCUT2D eigenvalue weighted by Crippen LogP contribution is -2.53. The van der Waals surface area contributed by atoms with Crippen molar-refractivity contribution >= 4 is 7.68 Å². The first-order chi connectivity index (χ1) is 16.8. The van der Waals surface area contributed by atoms with Gasteiger partial charge in [0.05, 0.1) is 21.1 Å². The van der Waals surface area contributed by atoms with Crippen molar-refractivity contribution < 1.29 is 13.6 Å². The number of hydrogen-bond acceptors (Lipinski definition) is 2. The van der Waals surface area contributed by atoms with E-state index in [4.69, 9.17) is 0 Å². The molecule has 1 atom stereocenters. The molecule has 35 heavy (non-hydrogen) atoms. The smallest absolute Gasteiger partial charge is 0.314 e. The highest BCUT2D eigenvalue weighted by molar-refractivity contribution is 7.32. The minimum atomic E-state index is -2.43. The summed E-state index contributed by atoms with van der Waals surface area (Å²) < 4.78 is 24.8. The van der Waals surface area contributed by atoms with E-state index < -0.39 is 13.0 Å². The van der Waals surface area contributed by atoms with Gasteiger partial charge in [0, 0.05) is 12.8 Å². The summed E-state index contributed by atoms with van der Waals surface area (Å²) in [5, 5.41) is -0.595. The lowest BCUT2D eigenvalue weighted by Gasteiger charge is -2.41. The largest absolute Gasteiger partial charge is 0.378 e. The summed E-state index contributed by atoms with van der Waals surface area (Å²) >= 11 is 0. The first kappa shape index (κ1) is 34.3. The first-order valence-electron chi connectivity index (χ1n) is 15.0. The van der Waals surface area contributed by atoms with Crippen molar-refractivity contribution in [2.45, 2.75) is 153 Å². The summed E-state index contributed by atoms with van der Waals surface area (Å²) in [4.78, 5) is 0. The second kappa shape index (κ2) is 22.5. The predicted octanol–water partition coefficient (Wildman–Crippen LogP) is 10.9. The van der Waals surface area contributed by atoms with Gasteiger partial charge in [-0.3, -0.25) is 0 Å². The molecule has 1 unspecified atom stereocenters. The average molecular weight is 511 g/mol. The standard InChI is InChI=1S/C31H61NO2P/c1-6-8-9-10-11-12-13-14-15-16-17-18-19-20-21-22-23-24-25-26-27-28-30-31(29-7-2,35(33)34)32(3,4)5/h6,18-19H,1,7-17,20-30H2,2-5H3/q+1. The zero-order valence-corrected chi connectivity index (χ0v) is 25.1. The molecule has 3 nitrogen and oxygen atoms in total. The fraction of sp³-hybridized carbons (Fsp3) is 0.871. The Morgan fingerprint density at radius 2 is 0.971 bits per heavy atom. The van der Waals surface area contributed by atoms with E-state index in [0.29, 0.717) is 4.48 Å². The van der Waals surface area contributed by atoms with Crippen LogP contribution in [0.5, 0.6) is 0 Å². The SMILES string of the molecule is C=CCCCCCCCCCCC=CCCCCCCCCCCC(CCC)(P(=O)=O)[N+](C)(C)C. The van der Waals surface area contributed by atoms with E-state index in [-0.39, 0.29) is 0 Å². The molecule has 206 valence electrons. The van der Waals surface area contributed by atoms with Crippen molar-refractivity contribution in [2.24, 2.45) is 0 Å². The van der Waals surface area contributed by atoms with Crippen LogP contribution >= 0.6 is 7.68 Å². The molecule has 0 aromatic heterocycles. The second-order valence-corrected chi connectivity index (χ2v) is 12.9. The van der Waals surface area contributed by atoms with Gasteiger partial charge >= 0.3 is 7.68 Å². The van der Waals surface area contributed by atoms with Crippen LogP contribution in [0.4, 0.5) is 0 Å². The molecule has 0 N–H and O–H groups in total. The molecule has 0 aromatic rings. The summed E-state index contributed by atoms with van der Waals surface area (Å²) in [7, 11) is 3.68. The van der Waals surface area contributed by atoms with E-state index in [9.17, 15) is 9.13 Å². The van der Waals surface area contributed by atoms with Gasteiger partial charge < -0.3 is 4.48 Å². The van der Waals surface area contributed by atoms with Crippen molar-refractivity contribution in [1.29, 1.82) is 0 Å². The number of allylic oxidation sites excluding steroid dienone is 3. The molecule has 0 aromatic carbocycles. The lowest BCUT2D eigenvalue weighted by atomic mass is 9.99. The molecule has 0 heterocycles. The topological polar surface area (TPSA) is 34.1 Å². The van der Waals surface area contributed by atoms with Gasteiger partial charge in [-0.1, -0.05) is 102 Å². The number of hydrogen-bond donors (Lipinski definition) is 0. The van der Waals surface area contributed by atoms with Crippen LogP contribution in [0.1, 0.15) is 148 Å². The van der Waals surface area contributed by atoms with E-state index in [1.165, 1.54) is 109 Å². The van der Waals surface area contributed by atoms with Gasteiger partial charge in [0.2, 0.25) is 5.28 Å². The van der Waals surface area contributed by atoms with Gasteiger partial charge in [-0.2, -0.15) is 0 Å². The number of quaternary nitrogens is 1. The molecule has 0 aliphatic heterocycles. The normalized spacial score (nSPS) is 13.8. The molecular weight excluding hydrogens is 449 g/mol. The van der Waals surface area contributed by atoms with Gasteiger partial charge in [-0.05, 0) is 51.4 Å². The maximum absolute atomic E-state index is 12.1. The van der Waals surface area contributed by atoms with Gasteiger partial charge in [-0.15, -0.1) is 6.58 Å². The van der Waals surface area contributed by atoms with Crippen molar-refractivity contribution in [2.75, 3.05) is 21.1 Å². The van der Waals surface area contributed by atoms with Crippen molar-refractivity contribution in [3.8, 4) is 0 Å². The average Bonchev–Trinajstić information content (AvgIpc) is 2.80. The quantitative estimate of drug-likeness (QED) is 0.0502. The van der Waals surface area contributed by atoms with E-state index in [1.54, 1.807) is 0 Å². The van der Waals surface area contributed by atoms with Gasteiger partial charge in [0.15, 0.2) is 0 Å². The fourth-order valence-corrected chi connectivity index (χ4v) is 6.44. The summed E-state index contributed by atoms with van der Waals surface area (Å²) in [6, 6.07) is 0. The molecular formula is C31H61NO2P+. The number of rotatable bonds is 26. The van der Waals surface area contributed by atoms with Crippen molar-refractivity contribution in [3.63, 3.8) is 0 Å². The summed E-state index contributed by atoms with van der Waals surface area (Å²) in [5.74, 6) is 0. The van der Waals surface area contributed by atoms with Crippen LogP contribution in [0, 0.1) is 0 Å². The van der Waals surface area contributed by atoms with Crippen molar-refractivity contribution in [1.82, 2.24) is 0 Å². The zero-order valence-electron chi connectivity index (χ0n) is 24.2. The van der Waals surface area contributed by atoms with Crippen LogP contribution in [0.15, 0.2) is 24.8 Å². The Morgan fingerprint density at radius 1 is 0.600 bits per heavy atom. The van der Waals surface area contributed by atoms with E-state index in [1.807, 2.05) is 27.2 Å². The third-order valence-electron chi connectivity index (χ3n) is 7.63. The summed E-state index contributed by atoms with van der Waals surface area (Å²) in [6.45, 7) is 5.88. The van der Waals surface area contributed by atoms with Crippen LogP contribution in [-0.4, -0.2) is 30.9 Å². The zero-order chi connectivity index (χ0) is 26.3. The maximum atomic E-state index is 12.1. The first-order valence-corrected chi connectivity index (χ1v) is 16.2. The Labute approximate surface area is 220 Å². The predicted molar refractivity (Wildman–Crippen MR) is 156 cm³/mol. The second-order valence-electron chi connectivity index (χ2n) is 11.5. The van der Waals surface area contributed by atoms with Crippen molar-refractivity contribution in [3.05, 3.63) is 24.8 Å². The molecule has 0 fully saturated rings. The van der Waals surface area contributed by atoms with E-state index in [0.717, 1.165) is 32.1 Å². The molecule has 0 aliphatic carbocycles.